The predicted molar refractivity (Wildman–Crippen MR) is 64.1 cm³/mol. The number of ketones is 1. The Bertz CT molecular complexity index is 573. The summed E-state index contributed by atoms with van der Waals surface area (Å²) in [5.74, 6) is -0.243. The SMILES string of the molecule is CC(=O)c1ccccc1NS(=O)(=O)C(C)C#N. The van der Waals surface area contributed by atoms with Crippen molar-refractivity contribution in [1.29, 1.82) is 5.26 Å². The summed E-state index contributed by atoms with van der Waals surface area (Å²) in [6.07, 6.45) is 0. The van der Waals surface area contributed by atoms with Gasteiger partial charge in [0.25, 0.3) is 0 Å². The van der Waals surface area contributed by atoms with Gasteiger partial charge in [0.1, 0.15) is 0 Å². The highest BCUT2D eigenvalue weighted by Gasteiger charge is 2.21. The summed E-state index contributed by atoms with van der Waals surface area (Å²) in [5.41, 5.74) is 0.475. The number of nitrogens with zero attached hydrogens (tertiary/aromatic N) is 1. The van der Waals surface area contributed by atoms with E-state index in [0.717, 1.165) is 0 Å². The molecule has 0 radical (unpaired) electrons. The molecule has 0 saturated carbocycles. The van der Waals surface area contributed by atoms with Gasteiger partial charge in [0, 0.05) is 5.56 Å². The molecule has 1 N–H and O–H groups in total. The molecule has 1 aromatic carbocycles. The van der Waals surface area contributed by atoms with Gasteiger partial charge in [-0.15, -0.1) is 0 Å². The maximum absolute atomic E-state index is 11.7. The molecule has 5 nitrogen and oxygen atoms in total. The second kappa shape index (κ2) is 4.97. The smallest absolute Gasteiger partial charge is 0.248 e. The number of rotatable bonds is 4. The third kappa shape index (κ3) is 3.04. The fourth-order valence-corrected chi connectivity index (χ4v) is 1.99. The number of benzene rings is 1. The molecule has 0 aromatic heterocycles. The van der Waals surface area contributed by atoms with Crippen LogP contribution in [-0.4, -0.2) is 19.5 Å². The predicted octanol–water partition coefficient (Wildman–Crippen LogP) is 1.54. The summed E-state index contributed by atoms with van der Waals surface area (Å²) in [5, 5.41) is 7.41. The minimum atomic E-state index is -3.78. The Morgan fingerprint density at radius 1 is 1.41 bits per heavy atom. The molecule has 1 rings (SSSR count). The highest BCUT2D eigenvalue weighted by atomic mass is 32.2. The van der Waals surface area contributed by atoms with Gasteiger partial charge in [-0.05, 0) is 26.0 Å². The van der Waals surface area contributed by atoms with Gasteiger partial charge < -0.3 is 0 Å². The molecular weight excluding hydrogens is 240 g/mol. The van der Waals surface area contributed by atoms with E-state index in [2.05, 4.69) is 4.72 Å². The number of nitriles is 1. The Labute approximate surface area is 100 Å². The lowest BCUT2D eigenvalue weighted by molar-refractivity contribution is 0.101. The topological polar surface area (TPSA) is 87.0 Å². The lowest BCUT2D eigenvalue weighted by Crippen LogP contribution is -2.24. The van der Waals surface area contributed by atoms with Gasteiger partial charge in [-0.3, -0.25) is 9.52 Å². The molecule has 0 bridgehead atoms. The summed E-state index contributed by atoms with van der Waals surface area (Å²) in [6, 6.07) is 7.90. The molecule has 17 heavy (non-hydrogen) atoms. The number of carbonyl (C=O) groups excluding carboxylic acids is 1. The van der Waals surface area contributed by atoms with Crippen molar-refractivity contribution < 1.29 is 13.2 Å². The molecule has 0 aliphatic heterocycles. The van der Waals surface area contributed by atoms with E-state index in [1.807, 2.05) is 0 Å². The van der Waals surface area contributed by atoms with Crippen molar-refractivity contribution in [1.82, 2.24) is 0 Å². The third-order valence-electron chi connectivity index (χ3n) is 2.21. The van der Waals surface area contributed by atoms with Gasteiger partial charge in [0.05, 0.1) is 11.8 Å². The lowest BCUT2D eigenvalue weighted by Gasteiger charge is -2.11. The quantitative estimate of drug-likeness (QED) is 0.823. The fraction of sp³-hybridized carbons (Fsp3) is 0.273. The number of hydrogen-bond donors (Lipinski definition) is 1. The molecule has 0 spiro atoms. The number of sulfonamides is 1. The molecule has 0 fully saturated rings. The van der Waals surface area contributed by atoms with Crippen LogP contribution in [0.1, 0.15) is 24.2 Å². The van der Waals surface area contributed by atoms with Crippen molar-refractivity contribution in [2.24, 2.45) is 0 Å². The molecule has 0 aliphatic rings. The average Bonchev–Trinajstić information content (AvgIpc) is 2.27. The Kier molecular flexibility index (Phi) is 3.86. The summed E-state index contributed by atoms with van der Waals surface area (Å²) >= 11 is 0. The van der Waals surface area contributed by atoms with E-state index >= 15 is 0 Å². The van der Waals surface area contributed by atoms with Crippen molar-refractivity contribution in [2.45, 2.75) is 19.1 Å². The van der Waals surface area contributed by atoms with E-state index in [4.69, 9.17) is 5.26 Å². The molecule has 1 atom stereocenters. The zero-order valence-corrected chi connectivity index (χ0v) is 10.3. The van der Waals surface area contributed by atoms with Crippen LogP contribution < -0.4 is 4.72 Å². The van der Waals surface area contributed by atoms with Crippen LogP contribution in [0.2, 0.25) is 0 Å². The van der Waals surface area contributed by atoms with Crippen LogP contribution in [0.15, 0.2) is 24.3 Å². The van der Waals surface area contributed by atoms with Crippen LogP contribution in [-0.2, 0) is 10.0 Å². The number of hydrogen-bond acceptors (Lipinski definition) is 4. The van der Waals surface area contributed by atoms with Gasteiger partial charge in [-0.2, -0.15) is 5.26 Å². The maximum Gasteiger partial charge on any atom is 0.248 e. The molecular formula is C11H12N2O3S. The van der Waals surface area contributed by atoms with Crippen molar-refractivity contribution in [3.8, 4) is 6.07 Å². The van der Waals surface area contributed by atoms with Crippen LogP contribution in [0.3, 0.4) is 0 Å². The number of anilines is 1. The average molecular weight is 252 g/mol. The summed E-state index contributed by atoms with van der Waals surface area (Å²) in [7, 11) is -3.78. The van der Waals surface area contributed by atoms with Crippen molar-refractivity contribution in [2.75, 3.05) is 4.72 Å². The molecule has 1 unspecified atom stereocenters. The first kappa shape index (κ1) is 13.2. The van der Waals surface area contributed by atoms with Crippen LogP contribution in [0.25, 0.3) is 0 Å². The third-order valence-corrected chi connectivity index (χ3v) is 3.75. The van der Waals surface area contributed by atoms with Gasteiger partial charge in [0.15, 0.2) is 11.0 Å². The maximum atomic E-state index is 11.7. The fourth-order valence-electron chi connectivity index (χ4n) is 1.19. The van der Waals surface area contributed by atoms with Gasteiger partial charge in [0.2, 0.25) is 10.0 Å². The van der Waals surface area contributed by atoms with Crippen LogP contribution in [0.4, 0.5) is 5.69 Å². The van der Waals surface area contributed by atoms with Crippen molar-refractivity contribution >= 4 is 21.5 Å². The molecule has 90 valence electrons. The Morgan fingerprint density at radius 2 is 2.00 bits per heavy atom. The molecule has 0 heterocycles. The van der Waals surface area contributed by atoms with Crippen LogP contribution in [0, 0.1) is 11.3 Å². The Balaban J connectivity index is 3.13. The molecule has 6 heteroatoms. The van der Waals surface area contributed by atoms with Crippen LogP contribution >= 0.6 is 0 Å². The zero-order valence-electron chi connectivity index (χ0n) is 9.47. The number of carbonyl (C=O) groups is 1. The van der Waals surface area contributed by atoms with Gasteiger partial charge >= 0.3 is 0 Å². The number of nitrogens with one attached hydrogen (secondary N) is 1. The highest BCUT2D eigenvalue weighted by Crippen LogP contribution is 2.18. The van der Waals surface area contributed by atoms with E-state index in [-0.39, 0.29) is 17.0 Å². The molecule has 0 amide bonds. The first-order valence-electron chi connectivity index (χ1n) is 4.89. The normalized spacial score (nSPS) is 12.5. The lowest BCUT2D eigenvalue weighted by atomic mass is 10.1. The first-order chi connectivity index (χ1) is 7.88. The van der Waals surface area contributed by atoms with E-state index in [1.165, 1.54) is 26.0 Å². The monoisotopic (exact) mass is 252 g/mol. The first-order valence-corrected chi connectivity index (χ1v) is 6.44. The minimum absolute atomic E-state index is 0.196. The highest BCUT2D eigenvalue weighted by molar-refractivity contribution is 7.93. The minimum Gasteiger partial charge on any atom is -0.294 e. The standard InChI is InChI=1S/C11H12N2O3S/c1-8(7-12)17(15,16)13-11-6-4-3-5-10(11)9(2)14/h3-6,8,13H,1-2H3. The Hall–Kier alpha value is -1.87. The van der Waals surface area contributed by atoms with Gasteiger partial charge in [-0.1, -0.05) is 12.1 Å². The van der Waals surface area contributed by atoms with E-state index in [1.54, 1.807) is 18.2 Å². The van der Waals surface area contributed by atoms with E-state index in [0.29, 0.717) is 0 Å². The largest absolute Gasteiger partial charge is 0.294 e. The summed E-state index contributed by atoms with van der Waals surface area (Å²) < 4.78 is 25.6. The van der Waals surface area contributed by atoms with Crippen molar-refractivity contribution in [3.05, 3.63) is 29.8 Å². The van der Waals surface area contributed by atoms with Crippen molar-refractivity contribution in [3.63, 3.8) is 0 Å². The van der Waals surface area contributed by atoms with Crippen LogP contribution in [0.5, 0.6) is 0 Å². The van der Waals surface area contributed by atoms with E-state index in [9.17, 15) is 13.2 Å². The number of Topliss-reactive ketones (excluding diaryl/α,β-unsaturated/α-hetero) is 1. The van der Waals surface area contributed by atoms with E-state index < -0.39 is 15.3 Å². The molecule has 0 aliphatic carbocycles. The Morgan fingerprint density at radius 3 is 2.53 bits per heavy atom. The molecule has 0 saturated heterocycles. The summed E-state index contributed by atoms with van der Waals surface area (Å²) in [6.45, 7) is 2.62. The van der Waals surface area contributed by atoms with Gasteiger partial charge in [-0.25, -0.2) is 8.42 Å². The molecule has 1 aromatic rings. The number of para-hydroxylation sites is 1. The zero-order chi connectivity index (χ0) is 13.1. The summed E-state index contributed by atoms with van der Waals surface area (Å²) in [4.78, 5) is 11.3. The second-order valence-corrected chi connectivity index (χ2v) is 5.52. The second-order valence-electron chi connectivity index (χ2n) is 3.52.